The number of urea groups is 1. The van der Waals surface area contributed by atoms with Crippen LogP contribution in [0.15, 0.2) is 23.2 Å². The van der Waals surface area contributed by atoms with Crippen molar-refractivity contribution in [3.63, 3.8) is 0 Å². The van der Waals surface area contributed by atoms with Gasteiger partial charge in [0.25, 0.3) is 0 Å². The van der Waals surface area contributed by atoms with E-state index in [9.17, 15) is 4.79 Å². The molecule has 138 valence electrons. The van der Waals surface area contributed by atoms with E-state index in [2.05, 4.69) is 20.0 Å². The zero-order chi connectivity index (χ0) is 18.2. The van der Waals surface area contributed by atoms with Gasteiger partial charge in [-0.15, -0.1) is 0 Å². The smallest absolute Gasteiger partial charge is 0.342 e. The standard InChI is InChI=1S/C15H21Cl2N5O2S/c1-21(5-6-24-2)10-22-9-14(25-20-22)19-15(23)18-8-11-3-4-12(16)13(17)7-11/h3-4,7,20H,5-6,8-10H2,1-2H3,(H,18,23). The van der Waals surface area contributed by atoms with Gasteiger partial charge in [-0.2, -0.15) is 9.82 Å². The van der Waals surface area contributed by atoms with E-state index in [1.807, 2.05) is 18.1 Å². The third kappa shape index (κ3) is 7.10. The Bertz CT molecular complexity index is 632. The highest BCUT2D eigenvalue weighted by Crippen LogP contribution is 2.22. The third-order valence-corrected chi connectivity index (χ3v) is 4.91. The number of likely N-dealkylation sites (N-methyl/N-ethyl adjacent to an activating group) is 1. The highest BCUT2D eigenvalue weighted by molar-refractivity contribution is 8.12. The maximum Gasteiger partial charge on any atom is 0.342 e. The summed E-state index contributed by atoms with van der Waals surface area (Å²) in [5, 5.41) is 6.38. The Kier molecular flexibility index (Phi) is 8.44. The number of hydrogen-bond acceptors (Lipinski definition) is 6. The molecule has 0 aliphatic carbocycles. The molecule has 1 fully saturated rings. The van der Waals surface area contributed by atoms with Gasteiger partial charge in [0.15, 0.2) is 0 Å². The topological polar surface area (TPSA) is 69.2 Å². The molecule has 1 heterocycles. The number of nitrogens with one attached hydrogen (secondary N) is 2. The van der Waals surface area contributed by atoms with Crippen molar-refractivity contribution >= 4 is 46.2 Å². The lowest BCUT2D eigenvalue weighted by molar-refractivity contribution is 0.115. The maximum atomic E-state index is 12.0. The molecule has 7 nitrogen and oxygen atoms in total. The van der Waals surface area contributed by atoms with Crippen molar-refractivity contribution in [2.24, 2.45) is 4.99 Å². The lowest BCUT2D eigenvalue weighted by Gasteiger charge is -2.22. The molecule has 1 saturated heterocycles. The highest BCUT2D eigenvalue weighted by Gasteiger charge is 2.20. The van der Waals surface area contributed by atoms with E-state index < -0.39 is 0 Å². The first-order valence-electron chi connectivity index (χ1n) is 7.62. The molecule has 1 aliphatic rings. The molecular formula is C15H21Cl2N5O2S. The van der Waals surface area contributed by atoms with Crippen LogP contribution in [0.4, 0.5) is 4.79 Å². The van der Waals surface area contributed by atoms with Crippen LogP contribution in [-0.4, -0.2) is 61.5 Å². The van der Waals surface area contributed by atoms with Crippen molar-refractivity contribution in [2.45, 2.75) is 6.54 Å². The molecule has 2 amide bonds. The molecular weight excluding hydrogens is 385 g/mol. The molecule has 0 saturated carbocycles. The minimum atomic E-state index is -0.384. The first kappa shape index (κ1) is 20.4. The fourth-order valence-electron chi connectivity index (χ4n) is 2.07. The van der Waals surface area contributed by atoms with Gasteiger partial charge >= 0.3 is 6.03 Å². The first-order chi connectivity index (χ1) is 12.0. The minimum Gasteiger partial charge on any atom is -0.383 e. The summed E-state index contributed by atoms with van der Waals surface area (Å²) >= 11 is 13.2. The molecule has 0 spiro atoms. The lowest BCUT2D eigenvalue weighted by Crippen LogP contribution is -2.40. The Morgan fingerprint density at radius 1 is 1.48 bits per heavy atom. The summed E-state index contributed by atoms with van der Waals surface area (Å²) < 4.78 is 5.05. The second kappa shape index (κ2) is 10.3. The molecule has 2 N–H and O–H groups in total. The van der Waals surface area contributed by atoms with Gasteiger partial charge in [-0.3, -0.25) is 4.90 Å². The second-order valence-electron chi connectivity index (χ2n) is 5.52. The normalized spacial score (nSPS) is 16.8. The van der Waals surface area contributed by atoms with Crippen LogP contribution in [0.2, 0.25) is 10.0 Å². The Morgan fingerprint density at radius 2 is 2.28 bits per heavy atom. The SMILES string of the molecule is COCCN(C)CN1CC(=NC(=O)NCc2ccc(Cl)c(Cl)c2)SN1. The molecule has 1 aromatic rings. The van der Waals surface area contributed by atoms with Gasteiger partial charge in [0.05, 0.1) is 29.9 Å². The summed E-state index contributed by atoms with van der Waals surface area (Å²) in [6, 6.07) is 4.85. The summed E-state index contributed by atoms with van der Waals surface area (Å²) in [6.45, 7) is 3.13. The molecule has 1 aliphatic heterocycles. The summed E-state index contributed by atoms with van der Waals surface area (Å²) in [7, 11) is 3.68. The van der Waals surface area contributed by atoms with E-state index in [-0.39, 0.29) is 6.03 Å². The number of halogens is 2. The van der Waals surface area contributed by atoms with Crippen molar-refractivity contribution in [1.29, 1.82) is 0 Å². The van der Waals surface area contributed by atoms with Gasteiger partial charge in [0.1, 0.15) is 5.04 Å². The average molecular weight is 406 g/mol. The van der Waals surface area contributed by atoms with Crippen LogP contribution in [0, 0.1) is 0 Å². The highest BCUT2D eigenvalue weighted by atomic mass is 35.5. The molecule has 1 aromatic carbocycles. The van der Waals surface area contributed by atoms with Gasteiger partial charge < -0.3 is 10.1 Å². The van der Waals surface area contributed by atoms with E-state index >= 15 is 0 Å². The average Bonchev–Trinajstić information content (AvgIpc) is 3.00. The number of nitrogens with zero attached hydrogens (tertiary/aromatic N) is 3. The van der Waals surface area contributed by atoms with Crippen molar-refractivity contribution < 1.29 is 9.53 Å². The van der Waals surface area contributed by atoms with Gasteiger partial charge in [-0.05, 0) is 36.7 Å². The predicted octanol–water partition coefficient (Wildman–Crippen LogP) is 2.61. The number of carbonyl (C=O) groups excluding carboxylic acids is 1. The van der Waals surface area contributed by atoms with Gasteiger partial charge in [-0.25, -0.2) is 9.80 Å². The van der Waals surface area contributed by atoms with Gasteiger partial charge in [-0.1, -0.05) is 29.3 Å². The Hall–Kier alpha value is -0.870. The molecule has 2 rings (SSSR count). The number of ether oxygens (including phenoxy) is 1. The summed E-state index contributed by atoms with van der Waals surface area (Å²) in [5.74, 6) is 0. The van der Waals surface area contributed by atoms with E-state index in [0.717, 1.165) is 12.1 Å². The van der Waals surface area contributed by atoms with E-state index in [0.29, 0.717) is 41.5 Å². The third-order valence-electron chi connectivity index (χ3n) is 3.36. The number of aliphatic imine (C=N–C) groups is 1. The monoisotopic (exact) mass is 405 g/mol. The largest absolute Gasteiger partial charge is 0.383 e. The number of rotatable bonds is 7. The van der Waals surface area contributed by atoms with E-state index in [1.54, 1.807) is 19.2 Å². The number of hydrogen-bond donors (Lipinski definition) is 2. The molecule has 0 aromatic heterocycles. The zero-order valence-corrected chi connectivity index (χ0v) is 16.4. The van der Waals surface area contributed by atoms with Crippen molar-refractivity contribution in [3.8, 4) is 0 Å². The molecule has 10 heteroatoms. The maximum absolute atomic E-state index is 12.0. The summed E-state index contributed by atoms with van der Waals surface area (Å²) in [6.07, 6.45) is 0. The Morgan fingerprint density at radius 3 is 3.00 bits per heavy atom. The molecule has 0 atom stereocenters. The van der Waals surface area contributed by atoms with Crippen LogP contribution in [0.5, 0.6) is 0 Å². The van der Waals surface area contributed by atoms with E-state index in [4.69, 9.17) is 27.9 Å². The number of methoxy groups -OCH3 is 1. The summed E-state index contributed by atoms with van der Waals surface area (Å²) in [5.41, 5.74) is 0.863. The Labute approximate surface area is 161 Å². The van der Waals surface area contributed by atoms with Crippen molar-refractivity contribution in [3.05, 3.63) is 33.8 Å². The van der Waals surface area contributed by atoms with Crippen LogP contribution < -0.4 is 10.1 Å². The van der Waals surface area contributed by atoms with Gasteiger partial charge in [0.2, 0.25) is 0 Å². The van der Waals surface area contributed by atoms with Crippen LogP contribution in [-0.2, 0) is 11.3 Å². The van der Waals surface area contributed by atoms with Crippen molar-refractivity contribution in [1.82, 2.24) is 20.1 Å². The van der Waals surface area contributed by atoms with E-state index in [1.165, 1.54) is 11.9 Å². The van der Waals surface area contributed by atoms with Crippen LogP contribution >= 0.6 is 35.1 Å². The molecule has 0 bridgehead atoms. The quantitative estimate of drug-likeness (QED) is 0.679. The fourth-order valence-corrected chi connectivity index (χ4v) is 3.10. The number of amides is 2. The van der Waals surface area contributed by atoms with Crippen molar-refractivity contribution in [2.75, 3.05) is 40.5 Å². The summed E-state index contributed by atoms with van der Waals surface area (Å²) in [4.78, 5) is 21.3. The second-order valence-corrected chi connectivity index (χ2v) is 7.19. The van der Waals surface area contributed by atoms with Crippen LogP contribution in [0.1, 0.15) is 5.56 Å². The lowest BCUT2D eigenvalue weighted by atomic mass is 10.2. The zero-order valence-electron chi connectivity index (χ0n) is 14.1. The van der Waals surface area contributed by atoms with Gasteiger partial charge in [0, 0.05) is 20.2 Å². The number of hydrazine groups is 1. The number of benzene rings is 1. The molecule has 25 heavy (non-hydrogen) atoms. The Balaban J connectivity index is 1.76. The molecule has 0 unspecified atom stereocenters. The molecule has 0 radical (unpaired) electrons. The minimum absolute atomic E-state index is 0.341. The van der Waals surface area contributed by atoms with Crippen LogP contribution in [0.3, 0.4) is 0 Å². The number of carbonyl (C=O) groups is 1. The van der Waals surface area contributed by atoms with Crippen LogP contribution in [0.25, 0.3) is 0 Å². The first-order valence-corrected chi connectivity index (χ1v) is 9.19. The fraction of sp³-hybridized carbons (Fsp3) is 0.467. The predicted molar refractivity (Wildman–Crippen MR) is 103 cm³/mol.